The monoisotopic (exact) mass is 329 g/mol. The van der Waals surface area contributed by atoms with E-state index in [4.69, 9.17) is 0 Å². The molecule has 1 nitrogen and oxygen atoms in total. The number of hydrogen-bond donors (Lipinski definition) is 0. The van der Waals surface area contributed by atoms with E-state index in [1.54, 1.807) is 0 Å². The summed E-state index contributed by atoms with van der Waals surface area (Å²) in [5.41, 5.74) is 0. The van der Waals surface area contributed by atoms with Crippen molar-refractivity contribution in [2.75, 3.05) is 5.75 Å². The fourth-order valence-corrected chi connectivity index (χ4v) is 3.30. The summed E-state index contributed by atoms with van der Waals surface area (Å²) in [5.74, 6) is 2.40. The van der Waals surface area contributed by atoms with Crippen LogP contribution >= 0.6 is 11.8 Å². The van der Waals surface area contributed by atoms with Gasteiger partial charge in [0.15, 0.2) is 18.3 Å². The van der Waals surface area contributed by atoms with E-state index in [0.717, 1.165) is 5.88 Å². The van der Waals surface area contributed by atoms with Gasteiger partial charge < -0.3 is 12.4 Å². The number of hydrogen-bond acceptors (Lipinski definition) is 1. The van der Waals surface area contributed by atoms with E-state index in [2.05, 4.69) is 42.1 Å². The maximum absolute atomic E-state index is 2.29. The normalized spacial score (nSPS) is 10.3. The lowest BCUT2D eigenvalue weighted by molar-refractivity contribution is -0.675. The molecule has 0 atom stereocenters. The molecule has 21 heavy (non-hydrogen) atoms. The minimum absolute atomic E-state index is 0. The van der Waals surface area contributed by atoms with Crippen molar-refractivity contribution in [3.63, 3.8) is 0 Å². The molecule has 0 saturated carbocycles. The molecule has 0 saturated heterocycles. The average Bonchev–Trinajstić information content (AvgIpc) is 2.49. The maximum atomic E-state index is 2.29. The van der Waals surface area contributed by atoms with E-state index in [-0.39, 0.29) is 12.4 Å². The molecular weight excluding hydrogens is 298 g/mol. The summed E-state index contributed by atoms with van der Waals surface area (Å²) in [6.45, 7) is 2.29. The third-order valence-electron chi connectivity index (χ3n) is 3.66. The van der Waals surface area contributed by atoms with Gasteiger partial charge in [0, 0.05) is 12.1 Å². The van der Waals surface area contributed by atoms with Gasteiger partial charge in [0.05, 0.1) is 0 Å². The van der Waals surface area contributed by atoms with Crippen molar-refractivity contribution in [3.05, 3.63) is 30.6 Å². The molecule has 1 rings (SSSR count). The van der Waals surface area contributed by atoms with Gasteiger partial charge in [-0.15, -0.1) is 0 Å². The van der Waals surface area contributed by atoms with Crippen LogP contribution in [-0.2, 0) is 5.88 Å². The second-order valence-electron chi connectivity index (χ2n) is 5.61. The SMILES string of the molecule is CCCCCCCCCCCCSC[n+]1ccccc1.[Cl-]. The van der Waals surface area contributed by atoms with Crippen LogP contribution in [0.15, 0.2) is 30.6 Å². The molecule has 1 aromatic heterocycles. The summed E-state index contributed by atoms with van der Waals surface area (Å²) in [6, 6.07) is 6.27. The van der Waals surface area contributed by atoms with Gasteiger partial charge in [0.2, 0.25) is 0 Å². The lowest BCUT2D eigenvalue weighted by Crippen LogP contribution is -3.00. The van der Waals surface area contributed by atoms with Gasteiger partial charge in [-0.3, -0.25) is 0 Å². The van der Waals surface area contributed by atoms with E-state index in [0.29, 0.717) is 0 Å². The molecule has 1 aromatic rings. The van der Waals surface area contributed by atoms with Crippen LogP contribution in [0.25, 0.3) is 0 Å². The Balaban J connectivity index is 0.00000400. The smallest absolute Gasteiger partial charge is 0.194 e. The lowest BCUT2D eigenvalue weighted by atomic mass is 10.1. The predicted octanol–water partition coefficient (Wildman–Crippen LogP) is 2.59. The molecule has 122 valence electrons. The second-order valence-corrected chi connectivity index (χ2v) is 6.68. The molecule has 0 bridgehead atoms. The van der Waals surface area contributed by atoms with E-state index >= 15 is 0 Å². The Morgan fingerprint density at radius 3 is 1.81 bits per heavy atom. The highest BCUT2D eigenvalue weighted by Crippen LogP contribution is 2.12. The number of thioether (sulfide) groups is 1. The quantitative estimate of drug-likeness (QED) is 0.397. The molecule has 0 spiro atoms. The zero-order valence-electron chi connectivity index (χ0n) is 13.6. The summed E-state index contributed by atoms with van der Waals surface area (Å²) in [6.07, 6.45) is 18.6. The van der Waals surface area contributed by atoms with Crippen molar-refractivity contribution >= 4 is 11.8 Å². The van der Waals surface area contributed by atoms with Crippen LogP contribution in [0.5, 0.6) is 0 Å². The molecule has 0 unspecified atom stereocenters. The van der Waals surface area contributed by atoms with Crippen LogP contribution in [0.3, 0.4) is 0 Å². The number of unbranched alkanes of at least 4 members (excludes halogenated alkanes) is 9. The van der Waals surface area contributed by atoms with Crippen LogP contribution < -0.4 is 17.0 Å². The number of aromatic nitrogens is 1. The molecule has 0 aliphatic carbocycles. The molecule has 0 fully saturated rings. The van der Waals surface area contributed by atoms with Gasteiger partial charge in [-0.25, -0.2) is 0 Å². The van der Waals surface area contributed by atoms with Crippen LogP contribution in [0.2, 0.25) is 0 Å². The Bertz CT molecular complexity index is 305. The van der Waals surface area contributed by atoms with E-state index in [9.17, 15) is 0 Å². The van der Waals surface area contributed by atoms with Gasteiger partial charge in [0.1, 0.15) is 0 Å². The fourth-order valence-electron chi connectivity index (χ4n) is 2.38. The van der Waals surface area contributed by atoms with Crippen molar-refractivity contribution in [2.24, 2.45) is 0 Å². The molecule has 0 aliphatic rings. The zero-order chi connectivity index (χ0) is 14.3. The van der Waals surface area contributed by atoms with Gasteiger partial charge in [-0.05, 0) is 12.2 Å². The highest BCUT2D eigenvalue weighted by molar-refractivity contribution is 7.98. The summed E-state index contributed by atoms with van der Waals surface area (Å²) in [5, 5.41) is 0. The fraction of sp³-hybridized carbons (Fsp3) is 0.722. The summed E-state index contributed by atoms with van der Waals surface area (Å²) in [7, 11) is 0. The first kappa shape index (κ1) is 20.8. The van der Waals surface area contributed by atoms with Crippen LogP contribution in [0, 0.1) is 0 Å². The van der Waals surface area contributed by atoms with Crippen molar-refractivity contribution in [1.82, 2.24) is 0 Å². The van der Waals surface area contributed by atoms with Crippen molar-refractivity contribution in [1.29, 1.82) is 0 Å². The lowest BCUT2D eigenvalue weighted by Gasteiger charge is -2.02. The van der Waals surface area contributed by atoms with Crippen LogP contribution in [0.4, 0.5) is 0 Å². The van der Waals surface area contributed by atoms with E-state index in [1.165, 1.54) is 70.0 Å². The Hall–Kier alpha value is -0.210. The topological polar surface area (TPSA) is 3.88 Å². The Labute approximate surface area is 142 Å². The van der Waals surface area contributed by atoms with Crippen LogP contribution in [0.1, 0.15) is 71.1 Å². The highest BCUT2D eigenvalue weighted by atomic mass is 35.5. The van der Waals surface area contributed by atoms with Crippen molar-refractivity contribution < 1.29 is 17.0 Å². The van der Waals surface area contributed by atoms with E-state index < -0.39 is 0 Å². The molecular formula is C18H32ClNS. The maximum Gasteiger partial charge on any atom is 0.194 e. The predicted molar refractivity (Wildman–Crippen MR) is 90.9 cm³/mol. The number of pyridine rings is 1. The third-order valence-corrected chi connectivity index (χ3v) is 4.72. The molecule has 0 aromatic carbocycles. The van der Waals surface area contributed by atoms with Gasteiger partial charge >= 0.3 is 0 Å². The first-order chi connectivity index (χ1) is 9.93. The van der Waals surface area contributed by atoms with Crippen LogP contribution in [-0.4, -0.2) is 5.75 Å². The first-order valence-corrected chi connectivity index (χ1v) is 9.61. The minimum atomic E-state index is 0. The molecule has 0 N–H and O–H groups in total. The minimum Gasteiger partial charge on any atom is -1.00 e. The van der Waals surface area contributed by atoms with Gasteiger partial charge in [-0.2, -0.15) is 4.57 Å². The molecule has 0 aliphatic heterocycles. The largest absolute Gasteiger partial charge is 1.00 e. The van der Waals surface area contributed by atoms with Crippen molar-refractivity contribution in [3.8, 4) is 0 Å². The first-order valence-electron chi connectivity index (χ1n) is 8.45. The molecule has 3 heteroatoms. The standard InChI is InChI=1S/C18H32NS.ClH/c1-2-3-4-5-6-7-8-9-10-14-17-20-18-19-15-12-11-13-16-19;/h11-13,15-16H,2-10,14,17-18H2,1H3;1H/q+1;/p-1. The average molecular weight is 330 g/mol. The molecule has 1 heterocycles. The van der Waals surface area contributed by atoms with Gasteiger partial charge in [0.25, 0.3) is 0 Å². The number of rotatable bonds is 13. The summed E-state index contributed by atoms with van der Waals surface area (Å²) < 4.78 is 2.25. The Morgan fingerprint density at radius 2 is 1.24 bits per heavy atom. The second kappa shape index (κ2) is 16.2. The summed E-state index contributed by atoms with van der Waals surface area (Å²) >= 11 is 2.05. The number of halogens is 1. The number of nitrogens with zero attached hydrogens (tertiary/aromatic N) is 1. The van der Waals surface area contributed by atoms with Crippen molar-refractivity contribution in [2.45, 2.75) is 77.0 Å². The van der Waals surface area contributed by atoms with E-state index in [1.807, 2.05) is 11.8 Å². The Kier molecular flexibility index (Phi) is 16.0. The highest BCUT2D eigenvalue weighted by Gasteiger charge is 1.98. The molecule has 0 amide bonds. The third kappa shape index (κ3) is 13.2. The molecule has 0 radical (unpaired) electrons. The Morgan fingerprint density at radius 1 is 0.714 bits per heavy atom. The summed E-state index contributed by atoms with van der Waals surface area (Å²) in [4.78, 5) is 0. The zero-order valence-corrected chi connectivity index (χ0v) is 15.2. The van der Waals surface area contributed by atoms with Gasteiger partial charge in [-0.1, -0.05) is 82.5 Å².